The Labute approximate surface area is 142 Å². The number of hydrogen-bond acceptors (Lipinski definition) is 3. The highest BCUT2D eigenvalue weighted by Crippen LogP contribution is 2.32. The molecular formula is C20H20N2O2. The van der Waals surface area contributed by atoms with E-state index in [1.54, 1.807) is 18.2 Å². The van der Waals surface area contributed by atoms with E-state index in [0.717, 1.165) is 13.1 Å². The van der Waals surface area contributed by atoms with Gasteiger partial charge in [-0.2, -0.15) is 0 Å². The Morgan fingerprint density at radius 1 is 0.833 bits per heavy atom. The average molecular weight is 320 g/mol. The van der Waals surface area contributed by atoms with Gasteiger partial charge in [0.1, 0.15) is 0 Å². The Morgan fingerprint density at radius 2 is 1.42 bits per heavy atom. The van der Waals surface area contributed by atoms with Crippen molar-refractivity contribution in [2.75, 3.05) is 18.0 Å². The third-order valence-corrected chi connectivity index (χ3v) is 4.22. The van der Waals surface area contributed by atoms with Crippen LogP contribution in [0.5, 0.6) is 0 Å². The van der Waals surface area contributed by atoms with Crippen LogP contribution in [0.3, 0.4) is 0 Å². The lowest BCUT2D eigenvalue weighted by atomic mass is 9.93. The second-order valence-electron chi connectivity index (χ2n) is 5.59. The number of amides is 2. The Bertz CT molecular complexity index is 792. The number of nitrogens with zero attached hydrogens (tertiary/aromatic N) is 2. The molecule has 2 amide bonds. The monoisotopic (exact) mass is 320 g/mol. The summed E-state index contributed by atoms with van der Waals surface area (Å²) in [7, 11) is 0. The summed E-state index contributed by atoms with van der Waals surface area (Å²) in [5.41, 5.74) is 2.40. The number of benzene rings is 2. The molecule has 0 aromatic heterocycles. The molecule has 0 aliphatic carbocycles. The highest BCUT2D eigenvalue weighted by molar-refractivity contribution is 6.40. The maximum atomic E-state index is 13.1. The molecule has 1 aliphatic heterocycles. The molecule has 0 radical (unpaired) electrons. The summed E-state index contributed by atoms with van der Waals surface area (Å²) in [5, 5.41) is 0. The van der Waals surface area contributed by atoms with Crippen LogP contribution in [-0.4, -0.2) is 29.8 Å². The summed E-state index contributed by atoms with van der Waals surface area (Å²) in [6.07, 6.45) is 1.86. The van der Waals surface area contributed by atoms with E-state index in [1.807, 2.05) is 56.4 Å². The van der Waals surface area contributed by atoms with Gasteiger partial charge in [-0.25, -0.2) is 4.90 Å². The van der Waals surface area contributed by atoms with Crippen molar-refractivity contribution in [3.8, 4) is 0 Å². The van der Waals surface area contributed by atoms with Crippen LogP contribution in [0.15, 0.2) is 60.8 Å². The van der Waals surface area contributed by atoms with Crippen molar-refractivity contribution in [1.82, 2.24) is 4.90 Å². The summed E-state index contributed by atoms with van der Waals surface area (Å²) < 4.78 is 0. The highest BCUT2D eigenvalue weighted by Gasteiger charge is 2.35. The molecule has 2 aromatic rings. The topological polar surface area (TPSA) is 40.6 Å². The molecule has 0 N–H and O–H groups in total. The van der Waals surface area contributed by atoms with Gasteiger partial charge in [0.2, 0.25) is 0 Å². The summed E-state index contributed by atoms with van der Waals surface area (Å²) in [5.74, 6) is -0.560. The van der Waals surface area contributed by atoms with E-state index in [9.17, 15) is 9.59 Å². The summed E-state index contributed by atoms with van der Waals surface area (Å²) in [6.45, 7) is 5.68. The Hall–Kier alpha value is -2.88. The van der Waals surface area contributed by atoms with Crippen molar-refractivity contribution in [3.63, 3.8) is 0 Å². The van der Waals surface area contributed by atoms with Crippen LogP contribution in [0.25, 0.3) is 5.57 Å². The fraction of sp³-hybridized carbons (Fsp3) is 0.200. The summed E-state index contributed by atoms with van der Waals surface area (Å²) in [6, 6.07) is 16.4. The number of hydrogen-bond donors (Lipinski definition) is 0. The Morgan fingerprint density at radius 3 is 2.04 bits per heavy atom. The van der Waals surface area contributed by atoms with Gasteiger partial charge >= 0.3 is 0 Å². The molecule has 3 rings (SSSR count). The van der Waals surface area contributed by atoms with E-state index < -0.39 is 0 Å². The van der Waals surface area contributed by atoms with Crippen molar-refractivity contribution in [2.24, 2.45) is 0 Å². The molecule has 0 spiro atoms. The number of fused-ring (bicyclic) bond motifs is 1. The third-order valence-electron chi connectivity index (χ3n) is 4.22. The molecule has 0 bridgehead atoms. The molecule has 0 unspecified atom stereocenters. The van der Waals surface area contributed by atoms with Crippen LogP contribution in [0, 0.1) is 0 Å². The number of rotatable bonds is 4. The van der Waals surface area contributed by atoms with Crippen molar-refractivity contribution in [1.29, 1.82) is 0 Å². The number of carbonyl (C=O) groups excluding carboxylic acids is 2. The molecule has 24 heavy (non-hydrogen) atoms. The number of anilines is 1. The van der Waals surface area contributed by atoms with Crippen molar-refractivity contribution in [3.05, 3.63) is 71.9 Å². The van der Waals surface area contributed by atoms with E-state index >= 15 is 0 Å². The second kappa shape index (κ2) is 6.71. The average Bonchev–Trinajstić information content (AvgIpc) is 2.63. The van der Waals surface area contributed by atoms with E-state index in [2.05, 4.69) is 4.90 Å². The molecule has 0 saturated carbocycles. The van der Waals surface area contributed by atoms with Crippen molar-refractivity contribution >= 4 is 23.1 Å². The molecular weight excluding hydrogens is 300 g/mol. The first kappa shape index (κ1) is 16.0. The van der Waals surface area contributed by atoms with Gasteiger partial charge < -0.3 is 4.90 Å². The molecule has 1 aliphatic rings. The number of carbonyl (C=O) groups is 2. The minimum absolute atomic E-state index is 0.279. The van der Waals surface area contributed by atoms with Crippen molar-refractivity contribution < 1.29 is 9.59 Å². The van der Waals surface area contributed by atoms with Gasteiger partial charge in [-0.05, 0) is 32.0 Å². The van der Waals surface area contributed by atoms with Gasteiger partial charge in [-0.15, -0.1) is 0 Å². The lowest BCUT2D eigenvalue weighted by Gasteiger charge is -2.30. The van der Waals surface area contributed by atoms with E-state index in [1.165, 1.54) is 4.90 Å². The van der Waals surface area contributed by atoms with Gasteiger partial charge in [0.05, 0.1) is 11.3 Å². The summed E-state index contributed by atoms with van der Waals surface area (Å²) >= 11 is 0. The number of para-hydroxylation sites is 1. The number of imide groups is 1. The van der Waals surface area contributed by atoms with Crippen molar-refractivity contribution in [2.45, 2.75) is 13.8 Å². The van der Waals surface area contributed by atoms with Gasteiger partial charge in [0.15, 0.2) is 0 Å². The minimum Gasteiger partial charge on any atom is -0.377 e. The normalized spacial score (nSPS) is 15.6. The molecule has 0 atom stereocenters. The van der Waals surface area contributed by atoms with Gasteiger partial charge in [-0.3, -0.25) is 9.59 Å². The molecule has 1 heterocycles. The molecule has 0 saturated heterocycles. The van der Waals surface area contributed by atoms with Gasteiger partial charge in [0, 0.05) is 30.4 Å². The SMILES string of the molecule is CCN(/C=C1/C(=O)N(c2ccccc2)C(=O)c2ccccc21)CC. The van der Waals surface area contributed by atoms with Crippen LogP contribution in [0.1, 0.15) is 29.8 Å². The zero-order chi connectivity index (χ0) is 17.1. The molecule has 4 heteroatoms. The first-order valence-electron chi connectivity index (χ1n) is 8.16. The zero-order valence-corrected chi connectivity index (χ0v) is 13.9. The Kier molecular flexibility index (Phi) is 4.47. The summed E-state index contributed by atoms with van der Waals surface area (Å²) in [4.78, 5) is 29.3. The molecule has 122 valence electrons. The maximum absolute atomic E-state index is 13.1. The van der Waals surface area contributed by atoms with Gasteiger partial charge in [0.25, 0.3) is 11.8 Å². The maximum Gasteiger partial charge on any atom is 0.267 e. The smallest absolute Gasteiger partial charge is 0.267 e. The van der Waals surface area contributed by atoms with Crippen LogP contribution in [-0.2, 0) is 4.79 Å². The third kappa shape index (κ3) is 2.71. The lowest BCUT2D eigenvalue weighted by Crippen LogP contribution is -2.42. The van der Waals surface area contributed by atoms with Crippen LogP contribution in [0.4, 0.5) is 5.69 Å². The minimum atomic E-state index is -0.281. The van der Waals surface area contributed by atoms with E-state index in [4.69, 9.17) is 0 Å². The molecule has 2 aromatic carbocycles. The first-order chi connectivity index (χ1) is 11.7. The molecule has 0 fully saturated rings. The lowest BCUT2D eigenvalue weighted by molar-refractivity contribution is -0.112. The highest BCUT2D eigenvalue weighted by atomic mass is 16.2. The predicted molar refractivity (Wildman–Crippen MR) is 95.6 cm³/mol. The largest absolute Gasteiger partial charge is 0.377 e. The van der Waals surface area contributed by atoms with Crippen LogP contribution >= 0.6 is 0 Å². The molecule has 4 nitrogen and oxygen atoms in total. The van der Waals surface area contributed by atoms with Crippen LogP contribution in [0.2, 0.25) is 0 Å². The van der Waals surface area contributed by atoms with E-state index in [-0.39, 0.29) is 11.8 Å². The second-order valence-corrected chi connectivity index (χ2v) is 5.59. The van der Waals surface area contributed by atoms with Crippen LogP contribution < -0.4 is 4.90 Å². The first-order valence-corrected chi connectivity index (χ1v) is 8.16. The quantitative estimate of drug-likeness (QED) is 0.639. The van der Waals surface area contributed by atoms with Gasteiger partial charge in [-0.1, -0.05) is 36.4 Å². The fourth-order valence-corrected chi connectivity index (χ4v) is 2.88. The zero-order valence-electron chi connectivity index (χ0n) is 13.9. The predicted octanol–water partition coefficient (Wildman–Crippen LogP) is 3.56. The standard InChI is InChI=1S/C20H20N2O2/c1-3-21(4-2)14-18-16-12-8-9-13-17(16)19(23)22(20(18)24)15-10-6-5-7-11-15/h5-14H,3-4H2,1-2H3/b18-14+. The van der Waals surface area contributed by atoms with E-state index in [0.29, 0.717) is 22.4 Å². The Balaban J connectivity index is 2.17. The fourth-order valence-electron chi connectivity index (χ4n) is 2.88.